The van der Waals surface area contributed by atoms with Gasteiger partial charge in [0.2, 0.25) is 11.8 Å². The van der Waals surface area contributed by atoms with Crippen LogP contribution in [-0.2, 0) is 32.6 Å². The van der Waals surface area contributed by atoms with E-state index < -0.39 is 28.5 Å². The molecule has 7 nitrogen and oxygen atoms in total. The number of anilines is 1. The fourth-order valence-electron chi connectivity index (χ4n) is 4.81. The minimum Gasteiger partial charge on any atom is -0.354 e. The van der Waals surface area contributed by atoms with Crippen LogP contribution in [0.15, 0.2) is 106 Å². The number of halogens is 3. The predicted octanol–water partition coefficient (Wildman–Crippen LogP) is 7.67. The second kappa shape index (κ2) is 16.0. The highest BCUT2D eigenvalue weighted by molar-refractivity contribution is 9.10. The Kier molecular flexibility index (Phi) is 12.3. The molecule has 0 heterocycles. The Morgan fingerprint density at radius 2 is 1.46 bits per heavy atom. The fourth-order valence-corrected chi connectivity index (χ4v) is 6.99. The van der Waals surface area contributed by atoms with Gasteiger partial charge in [0.15, 0.2) is 0 Å². The highest BCUT2D eigenvalue weighted by Gasteiger charge is 2.35. The minimum absolute atomic E-state index is 0.00281. The van der Waals surface area contributed by atoms with Gasteiger partial charge in [-0.2, -0.15) is 0 Å². The Morgan fingerprint density at radius 1 is 0.848 bits per heavy atom. The van der Waals surface area contributed by atoms with Crippen LogP contribution >= 0.6 is 39.1 Å². The van der Waals surface area contributed by atoms with E-state index in [0.29, 0.717) is 6.54 Å². The standard InChI is InChI=1S/C35H36BrCl2N3O4S/c1-24(2)21-39-35(43)33(17-26-7-5-4-6-8-26)40(22-27-11-13-28(36)14-12-27)34(42)23-41(31-19-29(37)18-30(38)20-31)46(44,45)32-15-9-25(3)10-16-32/h4-16,18-20,24,33H,17,21-23H2,1-3H3,(H,39,43)/t33-/m0/s1. The molecule has 0 unspecified atom stereocenters. The van der Waals surface area contributed by atoms with Gasteiger partial charge < -0.3 is 10.2 Å². The number of aryl methyl sites for hydroxylation is 1. The number of carbonyl (C=O) groups excluding carboxylic acids is 2. The monoisotopic (exact) mass is 743 g/mol. The van der Waals surface area contributed by atoms with Crippen LogP contribution in [0.25, 0.3) is 0 Å². The van der Waals surface area contributed by atoms with E-state index in [1.54, 1.807) is 12.1 Å². The van der Waals surface area contributed by atoms with Crippen molar-refractivity contribution in [3.8, 4) is 0 Å². The molecular formula is C35H36BrCl2N3O4S. The van der Waals surface area contributed by atoms with Crippen molar-refractivity contribution >= 4 is 66.7 Å². The molecule has 4 aromatic carbocycles. The normalized spacial score (nSPS) is 12.1. The summed E-state index contributed by atoms with van der Waals surface area (Å²) in [7, 11) is -4.28. The first-order chi connectivity index (χ1) is 21.8. The predicted molar refractivity (Wildman–Crippen MR) is 189 cm³/mol. The molecule has 0 radical (unpaired) electrons. The van der Waals surface area contributed by atoms with Crippen molar-refractivity contribution in [2.75, 3.05) is 17.4 Å². The van der Waals surface area contributed by atoms with E-state index >= 15 is 0 Å². The molecule has 0 fully saturated rings. The van der Waals surface area contributed by atoms with Gasteiger partial charge in [0, 0.05) is 34.0 Å². The van der Waals surface area contributed by atoms with Gasteiger partial charge in [-0.15, -0.1) is 0 Å². The first-order valence-electron chi connectivity index (χ1n) is 14.7. The van der Waals surface area contributed by atoms with E-state index in [0.717, 1.165) is 25.5 Å². The topological polar surface area (TPSA) is 86.8 Å². The van der Waals surface area contributed by atoms with Crippen LogP contribution in [0.1, 0.15) is 30.5 Å². The van der Waals surface area contributed by atoms with Crippen LogP contribution in [0.2, 0.25) is 10.0 Å². The van der Waals surface area contributed by atoms with Crippen LogP contribution in [0, 0.1) is 12.8 Å². The van der Waals surface area contributed by atoms with E-state index in [-0.39, 0.29) is 45.4 Å². The van der Waals surface area contributed by atoms with Crippen LogP contribution in [0.5, 0.6) is 0 Å². The molecule has 0 saturated heterocycles. The van der Waals surface area contributed by atoms with Crippen molar-refractivity contribution in [3.05, 3.63) is 128 Å². The summed E-state index contributed by atoms with van der Waals surface area (Å²) in [6.07, 6.45) is 0.223. The summed E-state index contributed by atoms with van der Waals surface area (Å²) in [4.78, 5) is 29.8. The molecule has 0 aliphatic rings. The number of hydrogen-bond acceptors (Lipinski definition) is 4. The molecule has 0 spiro atoms. The molecule has 1 atom stereocenters. The van der Waals surface area contributed by atoms with Crippen LogP contribution in [-0.4, -0.2) is 44.3 Å². The third-order valence-corrected chi connectivity index (χ3v) is 10.00. The number of benzene rings is 4. The summed E-state index contributed by atoms with van der Waals surface area (Å²) in [5, 5.41) is 3.41. The Hall–Kier alpha value is -3.37. The number of hydrogen-bond donors (Lipinski definition) is 1. The number of rotatable bonds is 13. The quantitative estimate of drug-likeness (QED) is 0.152. The molecule has 1 N–H and O–H groups in total. The molecule has 0 aromatic heterocycles. The summed E-state index contributed by atoms with van der Waals surface area (Å²) in [6.45, 7) is 5.70. The summed E-state index contributed by atoms with van der Waals surface area (Å²) in [6, 6.07) is 26.6. The van der Waals surface area contributed by atoms with Crippen LogP contribution in [0.4, 0.5) is 5.69 Å². The molecule has 242 valence electrons. The largest absolute Gasteiger partial charge is 0.354 e. The third-order valence-electron chi connectivity index (χ3n) is 7.24. The molecule has 0 aliphatic heterocycles. The van der Waals surface area contributed by atoms with Gasteiger partial charge in [0.05, 0.1) is 10.6 Å². The zero-order chi connectivity index (χ0) is 33.4. The van der Waals surface area contributed by atoms with Crippen LogP contribution in [0.3, 0.4) is 0 Å². The van der Waals surface area contributed by atoms with Gasteiger partial charge in [-0.3, -0.25) is 13.9 Å². The van der Waals surface area contributed by atoms with Crippen molar-refractivity contribution in [1.29, 1.82) is 0 Å². The smallest absolute Gasteiger partial charge is 0.264 e. The van der Waals surface area contributed by atoms with Gasteiger partial charge >= 0.3 is 0 Å². The minimum atomic E-state index is -4.28. The second-order valence-corrected chi connectivity index (χ2v) is 15.1. The van der Waals surface area contributed by atoms with E-state index in [2.05, 4.69) is 21.2 Å². The maximum absolute atomic E-state index is 14.5. The Morgan fingerprint density at radius 3 is 2.04 bits per heavy atom. The first-order valence-corrected chi connectivity index (χ1v) is 17.7. The molecule has 2 amide bonds. The number of amides is 2. The van der Waals surface area contributed by atoms with E-state index in [9.17, 15) is 18.0 Å². The molecular weight excluding hydrogens is 709 g/mol. The summed E-state index contributed by atoms with van der Waals surface area (Å²) >= 11 is 16.1. The van der Waals surface area contributed by atoms with Crippen molar-refractivity contribution < 1.29 is 18.0 Å². The summed E-state index contributed by atoms with van der Waals surface area (Å²) < 4.78 is 30.2. The molecule has 4 aromatic rings. The fraction of sp³-hybridized carbons (Fsp3) is 0.257. The zero-order valence-electron chi connectivity index (χ0n) is 25.8. The Bertz CT molecular complexity index is 1730. The molecule has 0 saturated carbocycles. The maximum atomic E-state index is 14.5. The van der Waals surface area contributed by atoms with Gasteiger partial charge in [-0.1, -0.05) is 113 Å². The highest BCUT2D eigenvalue weighted by atomic mass is 79.9. The molecule has 11 heteroatoms. The Labute approximate surface area is 289 Å². The number of nitrogens with one attached hydrogen (secondary N) is 1. The van der Waals surface area contributed by atoms with E-state index in [1.165, 1.54) is 35.2 Å². The summed E-state index contributed by atoms with van der Waals surface area (Å²) in [5.41, 5.74) is 2.62. The zero-order valence-corrected chi connectivity index (χ0v) is 29.7. The van der Waals surface area contributed by atoms with E-state index in [1.807, 2.05) is 75.4 Å². The highest BCUT2D eigenvalue weighted by Crippen LogP contribution is 2.30. The van der Waals surface area contributed by atoms with Crippen molar-refractivity contribution in [3.63, 3.8) is 0 Å². The number of nitrogens with zero attached hydrogens (tertiary/aromatic N) is 2. The van der Waals surface area contributed by atoms with Crippen molar-refractivity contribution in [2.24, 2.45) is 5.92 Å². The van der Waals surface area contributed by atoms with Crippen molar-refractivity contribution in [2.45, 2.75) is 44.7 Å². The average Bonchev–Trinajstić information content (AvgIpc) is 3.01. The lowest BCUT2D eigenvalue weighted by atomic mass is 10.0. The lowest BCUT2D eigenvalue weighted by molar-refractivity contribution is -0.140. The third kappa shape index (κ3) is 9.58. The molecule has 0 aliphatic carbocycles. The maximum Gasteiger partial charge on any atom is 0.264 e. The van der Waals surface area contributed by atoms with Gasteiger partial charge in [-0.05, 0) is 66.4 Å². The second-order valence-electron chi connectivity index (χ2n) is 11.4. The first kappa shape index (κ1) is 35.5. The van der Waals surface area contributed by atoms with Gasteiger partial charge in [-0.25, -0.2) is 8.42 Å². The molecule has 0 bridgehead atoms. The lowest BCUT2D eigenvalue weighted by Crippen LogP contribution is -2.53. The SMILES string of the molecule is Cc1ccc(S(=O)(=O)N(CC(=O)N(Cc2ccc(Br)cc2)[C@@H](Cc2ccccc2)C(=O)NCC(C)C)c2cc(Cl)cc(Cl)c2)cc1. The number of carbonyl (C=O) groups is 2. The molecule has 46 heavy (non-hydrogen) atoms. The van der Waals surface area contributed by atoms with Crippen LogP contribution < -0.4 is 9.62 Å². The van der Waals surface area contributed by atoms with Gasteiger partial charge in [0.1, 0.15) is 12.6 Å². The van der Waals surface area contributed by atoms with Gasteiger partial charge in [0.25, 0.3) is 10.0 Å². The Balaban J connectivity index is 1.82. The lowest BCUT2D eigenvalue weighted by Gasteiger charge is -2.34. The van der Waals surface area contributed by atoms with Crippen molar-refractivity contribution in [1.82, 2.24) is 10.2 Å². The molecule has 4 rings (SSSR count). The average molecular weight is 746 g/mol. The van der Waals surface area contributed by atoms with E-state index in [4.69, 9.17) is 23.2 Å². The number of sulfonamides is 1. The summed E-state index contributed by atoms with van der Waals surface area (Å²) in [5.74, 6) is -0.725.